The molecule has 0 bridgehead atoms. The van der Waals surface area contributed by atoms with Crippen LogP contribution in [0, 0.1) is 5.92 Å². The Balaban J connectivity index is 1.86. The fourth-order valence-electron chi connectivity index (χ4n) is 2.45. The SMILES string of the molecule is CCCOc1cc(CNC(=O)[C@@H]2C[C@H](C)CC(=O)N2)ccn1. The highest BCUT2D eigenvalue weighted by atomic mass is 16.5. The van der Waals surface area contributed by atoms with Crippen LogP contribution in [-0.4, -0.2) is 29.4 Å². The molecule has 2 N–H and O–H groups in total. The molecule has 0 spiro atoms. The molecule has 0 saturated carbocycles. The maximum Gasteiger partial charge on any atom is 0.242 e. The number of rotatable bonds is 6. The van der Waals surface area contributed by atoms with Crippen molar-refractivity contribution in [3.8, 4) is 5.88 Å². The summed E-state index contributed by atoms with van der Waals surface area (Å²) in [5.41, 5.74) is 0.921. The smallest absolute Gasteiger partial charge is 0.242 e. The Labute approximate surface area is 130 Å². The van der Waals surface area contributed by atoms with Crippen molar-refractivity contribution in [3.05, 3.63) is 23.9 Å². The topological polar surface area (TPSA) is 80.3 Å². The molecule has 1 saturated heterocycles. The molecule has 6 nitrogen and oxygen atoms in total. The van der Waals surface area contributed by atoms with Gasteiger partial charge in [0.1, 0.15) is 6.04 Å². The average molecular weight is 305 g/mol. The third kappa shape index (κ3) is 4.72. The van der Waals surface area contributed by atoms with Crippen LogP contribution in [0.2, 0.25) is 0 Å². The normalized spacial score (nSPS) is 21.1. The minimum Gasteiger partial charge on any atom is -0.478 e. The van der Waals surface area contributed by atoms with E-state index in [0.717, 1.165) is 12.0 Å². The van der Waals surface area contributed by atoms with Gasteiger partial charge in [-0.25, -0.2) is 4.98 Å². The molecule has 2 atom stereocenters. The molecule has 1 fully saturated rings. The first-order valence-corrected chi connectivity index (χ1v) is 7.73. The molecule has 2 heterocycles. The van der Waals surface area contributed by atoms with Crippen LogP contribution in [0.3, 0.4) is 0 Å². The molecule has 0 unspecified atom stereocenters. The van der Waals surface area contributed by atoms with Crippen molar-refractivity contribution in [2.75, 3.05) is 6.61 Å². The summed E-state index contributed by atoms with van der Waals surface area (Å²) in [4.78, 5) is 27.8. The van der Waals surface area contributed by atoms with Gasteiger partial charge in [0.25, 0.3) is 0 Å². The standard InChI is InChI=1S/C16H23N3O3/c1-3-6-22-15-9-12(4-5-17-15)10-18-16(21)13-7-11(2)8-14(20)19-13/h4-5,9,11,13H,3,6-8,10H2,1-2H3,(H,18,21)(H,19,20)/t11-,13-/m0/s1. The van der Waals surface area contributed by atoms with E-state index in [9.17, 15) is 9.59 Å². The predicted molar refractivity (Wildman–Crippen MR) is 82.2 cm³/mol. The molecule has 6 heteroatoms. The first kappa shape index (κ1) is 16.3. The fourth-order valence-corrected chi connectivity index (χ4v) is 2.45. The van der Waals surface area contributed by atoms with Gasteiger partial charge in [0.05, 0.1) is 6.61 Å². The van der Waals surface area contributed by atoms with E-state index in [4.69, 9.17) is 4.74 Å². The van der Waals surface area contributed by atoms with Gasteiger partial charge in [-0.15, -0.1) is 0 Å². The van der Waals surface area contributed by atoms with Gasteiger partial charge < -0.3 is 15.4 Å². The number of carbonyl (C=O) groups is 2. The van der Waals surface area contributed by atoms with Gasteiger partial charge in [-0.3, -0.25) is 9.59 Å². The Bertz CT molecular complexity index is 533. The Kier molecular flexibility index (Phi) is 5.75. The van der Waals surface area contributed by atoms with E-state index in [1.807, 2.05) is 26.0 Å². The predicted octanol–water partition coefficient (Wildman–Crippen LogP) is 1.40. The van der Waals surface area contributed by atoms with Crippen molar-refractivity contribution in [3.63, 3.8) is 0 Å². The number of pyridine rings is 1. The van der Waals surface area contributed by atoms with Crippen molar-refractivity contribution in [2.45, 2.75) is 45.7 Å². The zero-order chi connectivity index (χ0) is 15.9. The van der Waals surface area contributed by atoms with E-state index in [1.165, 1.54) is 0 Å². The van der Waals surface area contributed by atoms with Crippen molar-refractivity contribution in [2.24, 2.45) is 5.92 Å². The Morgan fingerprint density at radius 2 is 2.36 bits per heavy atom. The zero-order valence-corrected chi connectivity index (χ0v) is 13.1. The highest BCUT2D eigenvalue weighted by molar-refractivity contribution is 5.88. The third-order valence-electron chi connectivity index (χ3n) is 3.54. The number of hydrogen-bond acceptors (Lipinski definition) is 4. The van der Waals surface area contributed by atoms with Crippen LogP contribution in [0.4, 0.5) is 0 Å². The Morgan fingerprint density at radius 3 is 3.09 bits per heavy atom. The molecule has 1 aliphatic heterocycles. The zero-order valence-electron chi connectivity index (χ0n) is 13.1. The second-order valence-electron chi connectivity index (χ2n) is 5.73. The van der Waals surface area contributed by atoms with E-state index >= 15 is 0 Å². The van der Waals surface area contributed by atoms with Crippen molar-refractivity contribution in [1.82, 2.24) is 15.6 Å². The van der Waals surface area contributed by atoms with Crippen molar-refractivity contribution in [1.29, 1.82) is 0 Å². The number of carbonyl (C=O) groups excluding carboxylic acids is 2. The molecule has 22 heavy (non-hydrogen) atoms. The first-order chi connectivity index (χ1) is 10.6. The van der Waals surface area contributed by atoms with Crippen LogP contribution >= 0.6 is 0 Å². The minimum absolute atomic E-state index is 0.0573. The van der Waals surface area contributed by atoms with Crippen LogP contribution < -0.4 is 15.4 Å². The lowest BCUT2D eigenvalue weighted by atomic mass is 9.93. The first-order valence-electron chi connectivity index (χ1n) is 7.73. The number of piperidine rings is 1. The maximum atomic E-state index is 12.1. The van der Waals surface area contributed by atoms with E-state index in [1.54, 1.807) is 6.20 Å². The molecule has 1 aliphatic rings. The monoisotopic (exact) mass is 305 g/mol. The third-order valence-corrected chi connectivity index (χ3v) is 3.54. The van der Waals surface area contributed by atoms with Gasteiger partial charge in [0.2, 0.25) is 17.7 Å². The van der Waals surface area contributed by atoms with Gasteiger partial charge in [-0.2, -0.15) is 0 Å². The number of nitrogens with zero attached hydrogens (tertiary/aromatic N) is 1. The van der Waals surface area contributed by atoms with Crippen molar-refractivity contribution < 1.29 is 14.3 Å². The molecule has 0 aromatic carbocycles. The summed E-state index contributed by atoms with van der Waals surface area (Å²) in [5, 5.41) is 5.59. The number of aromatic nitrogens is 1. The van der Waals surface area contributed by atoms with Crippen LogP contribution in [0.15, 0.2) is 18.3 Å². The molecule has 2 rings (SSSR count). The molecule has 1 aromatic rings. The summed E-state index contributed by atoms with van der Waals surface area (Å²) in [7, 11) is 0. The summed E-state index contributed by atoms with van der Waals surface area (Å²) < 4.78 is 5.47. The lowest BCUT2D eigenvalue weighted by molar-refractivity contribution is -0.132. The highest BCUT2D eigenvalue weighted by Gasteiger charge is 2.28. The molecule has 0 radical (unpaired) electrons. The van der Waals surface area contributed by atoms with Gasteiger partial charge in [-0.05, 0) is 30.4 Å². The second-order valence-corrected chi connectivity index (χ2v) is 5.73. The van der Waals surface area contributed by atoms with Crippen LogP contribution in [0.1, 0.15) is 38.7 Å². The molecule has 2 amide bonds. The molecular weight excluding hydrogens is 282 g/mol. The summed E-state index contributed by atoms with van der Waals surface area (Å²) in [6, 6.07) is 3.22. The van der Waals surface area contributed by atoms with Gasteiger partial charge in [0, 0.05) is 25.2 Å². The van der Waals surface area contributed by atoms with E-state index in [0.29, 0.717) is 31.9 Å². The summed E-state index contributed by atoms with van der Waals surface area (Å²) in [5.74, 6) is 0.596. The number of nitrogens with one attached hydrogen (secondary N) is 2. The van der Waals surface area contributed by atoms with Crippen molar-refractivity contribution >= 4 is 11.8 Å². The van der Waals surface area contributed by atoms with E-state index < -0.39 is 6.04 Å². The van der Waals surface area contributed by atoms with Gasteiger partial charge in [0.15, 0.2) is 0 Å². The second kappa shape index (κ2) is 7.77. The van der Waals surface area contributed by atoms with E-state index in [-0.39, 0.29) is 17.7 Å². The van der Waals surface area contributed by atoms with Gasteiger partial charge in [-0.1, -0.05) is 13.8 Å². The number of amides is 2. The lowest BCUT2D eigenvalue weighted by Gasteiger charge is -2.26. The average Bonchev–Trinajstić information content (AvgIpc) is 2.50. The van der Waals surface area contributed by atoms with E-state index in [2.05, 4.69) is 15.6 Å². The number of ether oxygens (including phenoxy) is 1. The summed E-state index contributed by atoms with van der Waals surface area (Å²) >= 11 is 0. The largest absolute Gasteiger partial charge is 0.478 e. The quantitative estimate of drug-likeness (QED) is 0.832. The van der Waals surface area contributed by atoms with Crippen LogP contribution in [0.5, 0.6) is 5.88 Å². The molecule has 0 aliphatic carbocycles. The molecule has 1 aromatic heterocycles. The molecule has 120 valence electrons. The summed E-state index contributed by atoms with van der Waals surface area (Å²) in [6.07, 6.45) is 3.75. The minimum atomic E-state index is -0.436. The van der Waals surface area contributed by atoms with Crippen LogP contribution in [0.25, 0.3) is 0 Å². The maximum absolute atomic E-state index is 12.1. The van der Waals surface area contributed by atoms with Crippen LogP contribution in [-0.2, 0) is 16.1 Å². The highest BCUT2D eigenvalue weighted by Crippen LogP contribution is 2.16. The number of hydrogen-bond donors (Lipinski definition) is 2. The van der Waals surface area contributed by atoms with Gasteiger partial charge >= 0.3 is 0 Å². The Morgan fingerprint density at radius 1 is 1.55 bits per heavy atom. The summed E-state index contributed by atoms with van der Waals surface area (Å²) in [6.45, 7) is 5.03. The lowest BCUT2D eigenvalue weighted by Crippen LogP contribution is -2.50. The Hall–Kier alpha value is -2.11. The molecular formula is C16H23N3O3. The fraction of sp³-hybridized carbons (Fsp3) is 0.562.